The van der Waals surface area contributed by atoms with Gasteiger partial charge in [-0.3, -0.25) is 9.40 Å². The molecule has 42 heavy (non-hydrogen) atoms. The van der Waals surface area contributed by atoms with Crippen LogP contribution in [0.2, 0.25) is 5.02 Å². The highest BCUT2D eigenvalue weighted by Crippen LogP contribution is 2.34. The van der Waals surface area contributed by atoms with Crippen molar-refractivity contribution in [3.63, 3.8) is 0 Å². The molecule has 3 aromatic carbocycles. The van der Waals surface area contributed by atoms with Crippen LogP contribution in [0, 0.1) is 5.82 Å². The second kappa shape index (κ2) is 10.8. The maximum Gasteiger partial charge on any atom is 0.323 e. The summed E-state index contributed by atoms with van der Waals surface area (Å²) in [7, 11) is -4.10. The highest BCUT2D eigenvalue weighted by atomic mass is 35.5. The number of aromatic nitrogens is 4. The molecule has 15 heteroatoms. The Morgan fingerprint density at radius 3 is 2.74 bits per heavy atom. The number of benzene rings is 3. The lowest BCUT2D eigenvalue weighted by atomic mass is 9.99. The van der Waals surface area contributed by atoms with Crippen LogP contribution in [0.3, 0.4) is 0 Å². The first-order valence-corrected chi connectivity index (χ1v) is 14.5. The van der Waals surface area contributed by atoms with Crippen molar-refractivity contribution in [3.05, 3.63) is 89.3 Å². The molecule has 6 rings (SSSR count). The number of rotatable bonds is 6. The Hall–Kier alpha value is -4.95. The lowest BCUT2D eigenvalue weighted by Gasteiger charge is -2.36. The molecule has 0 aliphatic carbocycles. The minimum Gasteiger partial charge on any atom is -0.368 e. The molecular formula is C27H23ClFN9O3S. The molecule has 2 amide bonds. The number of urea groups is 1. The quantitative estimate of drug-likeness (QED) is 0.186. The number of halogens is 2. The fourth-order valence-corrected chi connectivity index (χ4v) is 6.55. The van der Waals surface area contributed by atoms with Gasteiger partial charge in [0.1, 0.15) is 5.82 Å². The topological polar surface area (TPSA) is 171 Å². The maximum absolute atomic E-state index is 14.2. The molecule has 0 spiro atoms. The molecule has 6 N–H and O–H groups in total. The average Bonchev–Trinajstić information content (AvgIpc) is 3.44. The number of nitrogens with zero attached hydrogens (tertiary/aromatic N) is 4. The number of fused-ring (bicyclic) bond motifs is 2. The van der Waals surface area contributed by atoms with Crippen LogP contribution in [-0.4, -0.2) is 47.2 Å². The van der Waals surface area contributed by atoms with E-state index >= 15 is 0 Å². The number of sulfonamides is 1. The van der Waals surface area contributed by atoms with E-state index < -0.39 is 21.9 Å². The monoisotopic (exact) mass is 607 g/mol. The normalized spacial score (nSPS) is 14.8. The SMILES string of the molecule is Nc1nc(NC2Cc3ccccc3N(S(=O)(=O)c3cccc(NC(=O)Nc4cccc(Cl)c4F)c3)C2)c2cn[nH]c2n1. The molecule has 5 aromatic rings. The molecule has 2 aromatic heterocycles. The first-order chi connectivity index (χ1) is 20.2. The Labute approximate surface area is 244 Å². The fourth-order valence-electron chi connectivity index (χ4n) is 4.78. The van der Waals surface area contributed by atoms with Crippen LogP contribution in [-0.2, 0) is 16.4 Å². The van der Waals surface area contributed by atoms with E-state index in [1.807, 2.05) is 12.1 Å². The van der Waals surface area contributed by atoms with E-state index in [2.05, 4.69) is 36.1 Å². The number of hydrogen-bond acceptors (Lipinski definition) is 8. The summed E-state index contributed by atoms with van der Waals surface area (Å²) in [5.41, 5.74) is 7.75. The molecule has 0 radical (unpaired) electrons. The van der Waals surface area contributed by atoms with Gasteiger partial charge in [0.15, 0.2) is 11.5 Å². The van der Waals surface area contributed by atoms with Crippen LogP contribution >= 0.6 is 11.6 Å². The van der Waals surface area contributed by atoms with E-state index in [0.29, 0.717) is 29.0 Å². The van der Waals surface area contributed by atoms with Crippen LogP contribution in [0.25, 0.3) is 11.0 Å². The molecule has 3 heterocycles. The summed E-state index contributed by atoms with van der Waals surface area (Å²) in [6, 6.07) is 16.1. The molecule has 0 saturated carbocycles. The minimum absolute atomic E-state index is 0.0430. The zero-order chi connectivity index (χ0) is 29.4. The first kappa shape index (κ1) is 27.2. The van der Waals surface area contributed by atoms with E-state index in [1.165, 1.54) is 46.8 Å². The van der Waals surface area contributed by atoms with Gasteiger partial charge in [0.25, 0.3) is 10.0 Å². The Morgan fingerprint density at radius 1 is 1.07 bits per heavy atom. The molecule has 0 bridgehead atoms. The Morgan fingerprint density at radius 2 is 1.88 bits per heavy atom. The lowest BCUT2D eigenvalue weighted by molar-refractivity contribution is 0.262. The minimum atomic E-state index is -4.10. The van der Waals surface area contributed by atoms with Gasteiger partial charge in [-0.05, 0) is 48.4 Å². The number of nitrogen functional groups attached to an aromatic ring is 1. The fraction of sp³-hybridized carbons (Fsp3) is 0.111. The van der Waals surface area contributed by atoms with Gasteiger partial charge in [0, 0.05) is 5.69 Å². The third-order valence-electron chi connectivity index (χ3n) is 6.66. The van der Waals surface area contributed by atoms with E-state index in [0.717, 1.165) is 5.56 Å². The molecule has 0 fully saturated rings. The Kier molecular flexibility index (Phi) is 7.00. The number of aromatic amines is 1. The molecule has 1 unspecified atom stereocenters. The molecular weight excluding hydrogens is 585 g/mol. The van der Waals surface area contributed by atoms with Gasteiger partial charge in [-0.2, -0.15) is 15.1 Å². The molecule has 12 nitrogen and oxygen atoms in total. The molecule has 1 aliphatic rings. The highest BCUT2D eigenvalue weighted by molar-refractivity contribution is 7.92. The number of anilines is 5. The predicted octanol–water partition coefficient (Wildman–Crippen LogP) is 4.60. The van der Waals surface area contributed by atoms with Crippen LogP contribution in [0.5, 0.6) is 0 Å². The molecule has 0 saturated heterocycles. The van der Waals surface area contributed by atoms with E-state index in [9.17, 15) is 17.6 Å². The zero-order valence-electron chi connectivity index (χ0n) is 21.7. The Balaban J connectivity index is 1.27. The average molecular weight is 608 g/mol. The predicted molar refractivity (Wildman–Crippen MR) is 159 cm³/mol. The summed E-state index contributed by atoms with van der Waals surface area (Å²) in [6.07, 6.45) is 2.09. The standard InChI is InChI=1S/C27H23ClFN9O3S/c28-20-8-4-9-21(23(20)29)34-27(39)33-16-6-3-7-18(12-16)42(40,41)38-14-17(11-15-5-1-2-10-22(15)38)32-24-19-13-31-37-25(19)36-26(30)35-24/h1-10,12-13,17H,11,14H2,(H2,33,34,39)(H4,30,31,32,35,36,37). The van der Waals surface area contributed by atoms with E-state index in [-0.39, 0.29) is 39.8 Å². The van der Waals surface area contributed by atoms with Crippen molar-refractivity contribution in [2.45, 2.75) is 17.4 Å². The van der Waals surface area contributed by atoms with E-state index in [4.69, 9.17) is 17.3 Å². The van der Waals surface area contributed by atoms with Crippen LogP contribution < -0.4 is 26.0 Å². The van der Waals surface area contributed by atoms with Crippen LogP contribution in [0.15, 0.2) is 77.8 Å². The summed E-state index contributed by atoms with van der Waals surface area (Å²) in [6.45, 7) is 0.0782. The van der Waals surface area contributed by atoms with Crippen molar-refractivity contribution in [2.24, 2.45) is 0 Å². The van der Waals surface area contributed by atoms with E-state index in [1.54, 1.807) is 18.3 Å². The van der Waals surface area contributed by atoms with Crippen molar-refractivity contribution >= 4 is 67.5 Å². The summed E-state index contributed by atoms with van der Waals surface area (Å²) in [5.74, 6) is -0.307. The number of hydrogen-bond donors (Lipinski definition) is 5. The second-order valence-electron chi connectivity index (χ2n) is 9.48. The summed E-state index contributed by atoms with van der Waals surface area (Å²) in [4.78, 5) is 20.9. The first-order valence-electron chi connectivity index (χ1n) is 12.6. The number of nitrogens with two attached hydrogens (primary N) is 1. The summed E-state index contributed by atoms with van der Waals surface area (Å²) >= 11 is 5.78. The van der Waals surface area contributed by atoms with Gasteiger partial charge in [0.05, 0.1) is 45.5 Å². The zero-order valence-corrected chi connectivity index (χ0v) is 23.2. The number of para-hydroxylation sites is 1. The van der Waals surface area contributed by atoms with Gasteiger partial charge < -0.3 is 21.7 Å². The number of carbonyl (C=O) groups is 1. The van der Waals surface area contributed by atoms with Gasteiger partial charge in [-0.15, -0.1) is 0 Å². The number of amides is 2. The van der Waals surface area contributed by atoms with Crippen molar-refractivity contribution in [1.82, 2.24) is 20.2 Å². The third kappa shape index (κ3) is 5.24. The van der Waals surface area contributed by atoms with Gasteiger partial charge in [0.2, 0.25) is 5.95 Å². The smallest absolute Gasteiger partial charge is 0.323 e. The summed E-state index contributed by atoms with van der Waals surface area (Å²) < 4.78 is 43.6. The van der Waals surface area contributed by atoms with Gasteiger partial charge in [-0.1, -0.05) is 41.9 Å². The van der Waals surface area contributed by atoms with Crippen LogP contribution in [0.4, 0.5) is 38.0 Å². The molecule has 214 valence electrons. The van der Waals surface area contributed by atoms with Crippen molar-refractivity contribution in [2.75, 3.05) is 32.5 Å². The number of carbonyl (C=O) groups excluding carboxylic acids is 1. The van der Waals surface area contributed by atoms with Crippen LogP contribution in [0.1, 0.15) is 5.56 Å². The third-order valence-corrected chi connectivity index (χ3v) is 8.73. The summed E-state index contributed by atoms with van der Waals surface area (Å²) in [5, 5.41) is 15.5. The van der Waals surface area contributed by atoms with Gasteiger partial charge in [-0.25, -0.2) is 17.6 Å². The lowest BCUT2D eigenvalue weighted by Crippen LogP contribution is -2.45. The number of H-pyrrole nitrogens is 1. The number of nitrogens with one attached hydrogen (secondary N) is 4. The largest absolute Gasteiger partial charge is 0.368 e. The molecule has 1 atom stereocenters. The van der Waals surface area contributed by atoms with Crippen molar-refractivity contribution in [1.29, 1.82) is 0 Å². The van der Waals surface area contributed by atoms with Crippen molar-refractivity contribution in [3.8, 4) is 0 Å². The van der Waals surface area contributed by atoms with Gasteiger partial charge >= 0.3 is 6.03 Å². The molecule has 1 aliphatic heterocycles. The highest BCUT2D eigenvalue weighted by Gasteiger charge is 2.34. The second-order valence-corrected chi connectivity index (χ2v) is 11.8. The Bertz CT molecular complexity index is 1940. The van der Waals surface area contributed by atoms with Crippen molar-refractivity contribution < 1.29 is 17.6 Å². The maximum atomic E-state index is 14.2.